The van der Waals surface area contributed by atoms with Crippen molar-refractivity contribution in [2.45, 2.75) is 26.8 Å². The Kier molecular flexibility index (Phi) is 7.99. The molecule has 0 bridgehead atoms. The third kappa shape index (κ3) is 5.51. The number of rotatable bonds is 6. The molecule has 2 unspecified atom stereocenters. The summed E-state index contributed by atoms with van der Waals surface area (Å²) < 4.78 is 10.9. The number of fused-ring (bicyclic) bond motifs is 1. The third-order valence-corrected chi connectivity index (χ3v) is 4.03. The van der Waals surface area contributed by atoms with Crippen LogP contribution in [0.25, 0.3) is 0 Å². The lowest BCUT2D eigenvalue weighted by Crippen LogP contribution is -2.44. The molecular weight excluding hydrogens is 346 g/mol. The minimum absolute atomic E-state index is 0. The summed E-state index contributed by atoms with van der Waals surface area (Å²) in [7, 11) is 0. The quantitative estimate of drug-likeness (QED) is 0.793. The van der Waals surface area contributed by atoms with Crippen molar-refractivity contribution in [3.05, 3.63) is 18.2 Å². The van der Waals surface area contributed by atoms with Crippen LogP contribution in [0.3, 0.4) is 0 Å². The predicted molar refractivity (Wildman–Crippen MR) is 98.4 cm³/mol. The van der Waals surface area contributed by atoms with Gasteiger partial charge in [-0.05, 0) is 26.0 Å². The summed E-state index contributed by atoms with van der Waals surface area (Å²) in [4.78, 5) is 26.1. The second-order valence-electron chi connectivity index (χ2n) is 5.91. The van der Waals surface area contributed by atoms with Gasteiger partial charge in [0, 0.05) is 24.3 Å². The molecule has 2 rings (SSSR count). The minimum atomic E-state index is -0.327. The van der Waals surface area contributed by atoms with Crippen LogP contribution in [0.2, 0.25) is 0 Å². The van der Waals surface area contributed by atoms with E-state index >= 15 is 0 Å². The van der Waals surface area contributed by atoms with E-state index in [1.165, 1.54) is 4.90 Å². The van der Waals surface area contributed by atoms with Crippen molar-refractivity contribution in [2.75, 3.05) is 31.6 Å². The van der Waals surface area contributed by atoms with E-state index in [9.17, 15) is 9.59 Å². The topological polar surface area (TPSA) is 93.9 Å². The second kappa shape index (κ2) is 9.48. The maximum absolute atomic E-state index is 12.3. The first-order valence-corrected chi connectivity index (χ1v) is 8.16. The molecule has 0 spiro atoms. The monoisotopic (exact) mass is 371 g/mol. The predicted octanol–water partition coefficient (Wildman–Crippen LogP) is 1.65. The lowest BCUT2D eigenvalue weighted by molar-refractivity contribution is -0.138. The fourth-order valence-electron chi connectivity index (χ4n) is 2.35. The summed E-state index contributed by atoms with van der Waals surface area (Å²) in [5.41, 5.74) is 6.38. The fraction of sp³-hybridized carbons (Fsp3) is 0.529. The van der Waals surface area contributed by atoms with Crippen molar-refractivity contribution in [1.29, 1.82) is 0 Å². The molecule has 0 aliphatic carbocycles. The van der Waals surface area contributed by atoms with Gasteiger partial charge < -0.3 is 25.4 Å². The number of halogens is 1. The molecule has 1 aliphatic rings. The Morgan fingerprint density at radius 3 is 2.48 bits per heavy atom. The van der Waals surface area contributed by atoms with Crippen LogP contribution in [0.4, 0.5) is 5.69 Å². The molecule has 0 radical (unpaired) electrons. The molecule has 25 heavy (non-hydrogen) atoms. The first-order chi connectivity index (χ1) is 11.4. The minimum Gasteiger partial charge on any atom is -0.486 e. The zero-order valence-corrected chi connectivity index (χ0v) is 15.6. The molecule has 1 aromatic rings. The van der Waals surface area contributed by atoms with Crippen molar-refractivity contribution in [1.82, 2.24) is 4.90 Å². The van der Waals surface area contributed by atoms with E-state index in [1.54, 1.807) is 32.0 Å². The largest absolute Gasteiger partial charge is 0.486 e. The average Bonchev–Trinajstić information content (AvgIpc) is 2.58. The zero-order valence-electron chi connectivity index (χ0n) is 14.8. The molecule has 7 nitrogen and oxygen atoms in total. The number of hydrogen-bond acceptors (Lipinski definition) is 5. The highest BCUT2D eigenvalue weighted by Crippen LogP contribution is 2.32. The van der Waals surface area contributed by atoms with Crippen LogP contribution in [0.15, 0.2) is 18.2 Å². The molecule has 140 valence electrons. The smallest absolute Gasteiger partial charge is 0.243 e. The van der Waals surface area contributed by atoms with Gasteiger partial charge in [0.15, 0.2) is 11.5 Å². The maximum Gasteiger partial charge on any atom is 0.243 e. The molecule has 0 saturated heterocycles. The van der Waals surface area contributed by atoms with E-state index in [4.69, 9.17) is 15.2 Å². The van der Waals surface area contributed by atoms with Crippen LogP contribution in [0.1, 0.15) is 20.8 Å². The molecule has 2 amide bonds. The Morgan fingerprint density at radius 2 is 1.88 bits per heavy atom. The van der Waals surface area contributed by atoms with Gasteiger partial charge in [0.1, 0.15) is 13.2 Å². The third-order valence-electron chi connectivity index (χ3n) is 4.03. The molecule has 1 aromatic carbocycles. The molecular formula is C17H26ClN3O4. The van der Waals surface area contributed by atoms with Crippen molar-refractivity contribution in [3.8, 4) is 11.5 Å². The molecule has 0 aromatic heterocycles. The normalized spacial score (nSPS) is 14.7. The van der Waals surface area contributed by atoms with Gasteiger partial charge in [-0.1, -0.05) is 6.92 Å². The molecule has 3 N–H and O–H groups in total. The van der Waals surface area contributed by atoms with E-state index < -0.39 is 0 Å². The number of likely N-dealkylation sites (N-methyl/N-ethyl adjacent to an activating group) is 1. The van der Waals surface area contributed by atoms with Crippen LogP contribution < -0.4 is 20.5 Å². The maximum atomic E-state index is 12.3. The number of amides is 2. The van der Waals surface area contributed by atoms with Crippen LogP contribution in [0, 0.1) is 5.92 Å². The highest BCUT2D eigenvalue weighted by Gasteiger charge is 2.24. The number of carbonyl (C=O) groups excluding carboxylic acids is 2. The second-order valence-corrected chi connectivity index (χ2v) is 5.91. The van der Waals surface area contributed by atoms with Gasteiger partial charge in [0.2, 0.25) is 11.8 Å². The van der Waals surface area contributed by atoms with Gasteiger partial charge in [-0.25, -0.2) is 0 Å². The number of ether oxygens (including phenoxy) is 2. The Labute approximate surface area is 154 Å². The molecule has 2 atom stereocenters. The van der Waals surface area contributed by atoms with Crippen LogP contribution in [0.5, 0.6) is 11.5 Å². The first-order valence-electron chi connectivity index (χ1n) is 8.16. The number of anilines is 1. The number of nitrogens with zero attached hydrogens (tertiary/aromatic N) is 1. The van der Waals surface area contributed by atoms with Gasteiger partial charge in [0.25, 0.3) is 0 Å². The summed E-state index contributed by atoms with van der Waals surface area (Å²) in [5, 5.41) is 2.78. The fourth-order valence-corrected chi connectivity index (χ4v) is 2.35. The molecule has 1 heterocycles. The number of benzene rings is 1. The first kappa shape index (κ1) is 21.1. The lowest BCUT2D eigenvalue weighted by Gasteiger charge is -2.25. The SMILES string of the molecule is CCN(CC(=O)Nc1ccc2c(c1)OCCO2)C(=O)C(C)C(C)N.Cl. The Morgan fingerprint density at radius 1 is 1.24 bits per heavy atom. The summed E-state index contributed by atoms with van der Waals surface area (Å²) in [5.74, 6) is 0.555. The van der Waals surface area contributed by atoms with E-state index in [1.807, 2.05) is 6.92 Å². The van der Waals surface area contributed by atoms with Crippen LogP contribution >= 0.6 is 12.4 Å². The summed E-state index contributed by atoms with van der Waals surface area (Å²) in [6, 6.07) is 4.96. The molecule has 0 saturated carbocycles. The Balaban J connectivity index is 0.00000312. The van der Waals surface area contributed by atoms with Crippen molar-refractivity contribution >= 4 is 29.9 Å². The van der Waals surface area contributed by atoms with Gasteiger partial charge in [-0.3, -0.25) is 9.59 Å². The lowest BCUT2D eigenvalue weighted by atomic mass is 10.0. The Hall–Kier alpha value is -1.99. The van der Waals surface area contributed by atoms with Gasteiger partial charge in [0.05, 0.1) is 12.5 Å². The standard InChI is InChI=1S/C17H25N3O4.ClH/c1-4-20(17(22)11(2)12(3)18)10-16(21)19-13-5-6-14-15(9-13)24-8-7-23-14;/h5-6,9,11-12H,4,7-8,10,18H2,1-3H3,(H,19,21);1H. The number of nitrogens with one attached hydrogen (secondary N) is 1. The van der Waals surface area contributed by atoms with Gasteiger partial charge in [-0.2, -0.15) is 0 Å². The van der Waals surface area contributed by atoms with E-state index in [2.05, 4.69) is 5.32 Å². The average molecular weight is 372 g/mol. The highest BCUT2D eigenvalue weighted by molar-refractivity contribution is 5.95. The van der Waals surface area contributed by atoms with Crippen LogP contribution in [-0.4, -0.2) is 49.1 Å². The van der Waals surface area contributed by atoms with Gasteiger partial charge >= 0.3 is 0 Å². The zero-order chi connectivity index (χ0) is 17.7. The number of nitrogens with two attached hydrogens (primary N) is 1. The molecule has 8 heteroatoms. The number of carbonyl (C=O) groups is 2. The summed E-state index contributed by atoms with van der Waals surface area (Å²) in [6.45, 7) is 6.83. The summed E-state index contributed by atoms with van der Waals surface area (Å²) >= 11 is 0. The number of hydrogen-bond donors (Lipinski definition) is 2. The van der Waals surface area contributed by atoms with E-state index in [0.717, 1.165) is 0 Å². The molecule has 1 aliphatic heterocycles. The van der Waals surface area contributed by atoms with Gasteiger partial charge in [-0.15, -0.1) is 12.4 Å². The van der Waals surface area contributed by atoms with Crippen LogP contribution in [-0.2, 0) is 9.59 Å². The molecule has 0 fully saturated rings. The van der Waals surface area contributed by atoms with E-state index in [0.29, 0.717) is 36.9 Å². The van der Waals surface area contributed by atoms with Crippen molar-refractivity contribution in [3.63, 3.8) is 0 Å². The summed E-state index contributed by atoms with van der Waals surface area (Å²) in [6.07, 6.45) is 0. The highest BCUT2D eigenvalue weighted by atomic mass is 35.5. The van der Waals surface area contributed by atoms with Crippen molar-refractivity contribution in [2.24, 2.45) is 11.7 Å². The van der Waals surface area contributed by atoms with E-state index in [-0.39, 0.29) is 42.7 Å². The Bertz CT molecular complexity index is 610. The van der Waals surface area contributed by atoms with Crippen molar-refractivity contribution < 1.29 is 19.1 Å².